The highest BCUT2D eigenvalue weighted by molar-refractivity contribution is 9.10. The Kier molecular flexibility index (Phi) is 5.14. The van der Waals surface area contributed by atoms with Crippen molar-refractivity contribution in [3.63, 3.8) is 0 Å². The SMILES string of the molecule is CCN(CC(C)C(N)=NO)c1ncncc1Br. The maximum Gasteiger partial charge on any atom is 0.146 e. The van der Waals surface area contributed by atoms with Crippen LogP contribution in [0.4, 0.5) is 5.82 Å². The molecular formula is C10H16BrN5O. The monoisotopic (exact) mass is 301 g/mol. The number of anilines is 1. The third-order valence-corrected chi connectivity index (χ3v) is 3.00. The number of nitrogens with zero attached hydrogens (tertiary/aromatic N) is 4. The zero-order valence-corrected chi connectivity index (χ0v) is 11.4. The largest absolute Gasteiger partial charge is 0.409 e. The first-order chi connectivity index (χ1) is 8.10. The minimum atomic E-state index is -0.0539. The normalized spacial score (nSPS) is 13.5. The molecule has 3 N–H and O–H groups in total. The van der Waals surface area contributed by atoms with Gasteiger partial charge >= 0.3 is 0 Å². The van der Waals surface area contributed by atoms with Crippen molar-refractivity contribution in [2.24, 2.45) is 16.8 Å². The Morgan fingerprint density at radius 3 is 2.94 bits per heavy atom. The van der Waals surface area contributed by atoms with Gasteiger partial charge in [0.2, 0.25) is 0 Å². The second-order valence-corrected chi connectivity index (χ2v) is 4.51. The molecule has 94 valence electrons. The van der Waals surface area contributed by atoms with Gasteiger partial charge in [-0.2, -0.15) is 0 Å². The second-order valence-electron chi connectivity index (χ2n) is 3.66. The Bertz CT molecular complexity index is 398. The molecule has 0 aliphatic heterocycles. The van der Waals surface area contributed by atoms with Crippen molar-refractivity contribution in [2.45, 2.75) is 13.8 Å². The van der Waals surface area contributed by atoms with Gasteiger partial charge in [-0.15, -0.1) is 0 Å². The zero-order chi connectivity index (χ0) is 12.8. The van der Waals surface area contributed by atoms with Crippen LogP contribution < -0.4 is 10.6 Å². The van der Waals surface area contributed by atoms with Crippen molar-refractivity contribution in [3.8, 4) is 0 Å². The summed E-state index contributed by atoms with van der Waals surface area (Å²) in [5.74, 6) is 0.968. The van der Waals surface area contributed by atoms with E-state index in [0.717, 1.165) is 16.8 Å². The van der Waals surface area contributed by atoms with Gasteiger partial charge in [0.1, 0.15) is 18.0 Å². The summed E-state index contributed by atoms with van der Waals surface area (Å²) in [5, 5.41) is 11.6. The van der Waals surface area contributed by atoms with Crippen LogP contribution in [0.3, 0.4) is 0 Å². The highest BCUT2D eigenvalue weighted by Gasteiger charge is 2.16. The molecule has 1 rings (SSSR count). The van der Waals surface area contributed by atoms with Crippen LogP contribution in [0.1, 0.15) is 13.8 Å². The van der Waals surface area contributed by atoms with Gasteiger partial charge in [-0.3, -0.25) is 0 Å². The molecule has 0 spiro atoms. The molecule has 0 aliphatic carbocycles. The maximum absolute atomic E-state index is 8.63. The fraction of sp³-hybridized carbons (Fsp3) is 0.500. The third kappa shape index (κ3) is 3.55. The van der Waals surface area contributed by atoms with Gasteiger partial charge in [0, 0.05) is 25.2 Å². The minimum absolute atomic E-state index is 0.0539. The van der Waals surface area contributed by atoms with E-state index in [2.05, 4.69) is 31.1 Å². The topological polar surface area (TPSA) is 87.6 Å². The first-order valence-corrected chi connectivity index (χ1v) is 6.07. The molecule has 0 amide bonds. The Labute approximate surface area is 109 Å². The Morgan fingerprint density at radius 2 is 2.41 bits per heavy atom. The molecule has 0 fully saturated rings. The lowest BCUT2D eigenvalue weighted by Crippen LogP contribution is -2.35. The smallest absolute Gasteiger partial charge is 0.146 e. The van der Waals surface area contributed by atoms with Crippen LogP contribution in [0.25, 0.3) is 0 Å². The van der Waals surface area contributed by atoms with Crippen molar-refractivity contribution < 1.29 is 5.21 Å². The van der Waals surface area contributed by atoms with Crippen LogP contribution in [0.5, 0.6) is 0 Å². The van der Waals surface area contributed by atoms with E-state index in [9.17, 15) is 0 Å². The van der Waals surface area contributed by atoms with Crippen molar-refractivity contribution in [1.82, 2.24) is 9.97 Å². The van der Waals surface area contributed by atoms with Crippen molar-refractivity contribution in [1.29, 1.82) is 0 Å². The predicted octanol–water partition coefficient (Wildman–Crippen LogP) is 1.45. The predicted molar refractivity (Wildman–Crippen MR) is 70.2 cm³/mol. The van der Waals surface area contributed by atoms with Crippen LogP contribution >= 0.6 is 15.9 Å². The summed E-state index contributed by atoms with van der Waals surface area (Å²) >= 11 is 3.40. The van der Waals surface area contributed by atoms with Gasteiger partial charge < -0.3 is 15.8 Å². The molecule has 7 heteroatoms. The van der Waals surface area contributed by atoms with Crippen LogP contribution in [0.2, 0.25) is 0 Å². The molecular weight excluding hydrogens is 286 g/mol. The number of nitrogens with two attached hydrogens (primary N) is 1. The van der Waals surface area contributed by atoms with Crippen molar-refractivity contribution in [3.05, 3.63) is 17.0 Å². The number of hydrogen-bond acceptors (Lipinski definition) is 5. The molecule has 0 aromatic carbocycles. The molecule has 0 saturated heterocycles. The Morgan fingerprint density at radius 1 is 1.71 bits per heavy atom. The molecule has 1 heterocycles. The summed E-state index contributed by atoms with van der Waals surface area (Å²) in [7, 11) is 0. The Hall–Kier alpha value is -1.37. The van der Waals surface area contributed by atoms with E-state index in [1.807, 2.05) is 18.7 Å². The Balaban J connectivity index is 2.83. The van der Waals surface area contributed by atoms with Gasteiger partial charge in [0.15, 0.2) is 0 Å². The average Bonchev–Trinajstić information content (AvgIpc) is 2.35. The molecule has 17 heavy (non-hydrogen) atoms. The van der Waals surface area contributed by atoms with E-state index in [1.54, 1.807) is 6.20 Å². The summed E-state index contributed by atoms with van der Waals surface area (Å²) < 4.78 is 0.827. The van der Waals surface area contributed by atoms with Crippen molar-refractivity contribution in [2.75, 3.05) is 18.0 Å². The summed E-state index contributed by atoms with van der Waals surface area (Å²) in [5.41, 5.74) is 5.56. The lowest BCUT2D eigenvalue weighted by atomic mass is 10.1. The van der Waals surface area contributed by atoms with Gasteiger partial charge in [0.05, 0.1) is 4.47 Å². The third-order valence-electron chi connectivity index (χ3n) is 2.44. The van der Waals surface area contributed by atoms with Crippen LogP contribution in [0, 0.1) is 5.92 Å². The van der Waals surface area contributed by atoms with Crippen molar-refractivity contribution >= 4 is 27.6 Å². The number of halogens is 1. The number of aromatic nitrogens is 2. The first-order valence-electron chi connectivity index (χ1n) is 5.28. The standard InChI is InChI=1S/C10H16BrN5O/c1-3-16(5-7(2)9(12)15-17)10-8(11)4-13-6-14-10/h4,6-7,17H,3,5H2,1-2H3,(H2,12,15). The fourth-order valence-corrected chi connectivity index (χ4v) is 1.90. The van der Waals surface area contributed by atoms with Gasteiger partial charge in [-0.1, -0.05) is 12.1 Å². The van der Waals surface area contributed by atoms with E-state index in [4.69, 9.17) is 10.9 Å². The van der Waals surface area contributed by atoms with E-state index < -0.39 is 0 Å². The summed E-state index contributed by atoms with van der Waals surface area (Å²) in [6.07, 6.45) is 3.19. The minimum Gasteiger partial charge on any atom is -0.409 e. The highest BCUT2D eigenvalue weighted by atomic mass is 79.9. The van der Waals surface area contributed by atoms with Crippen LogP contribution in [0.15, 0.2) is 22.2 Å². The van der Waals surface area contributed by atoms with Gasteiger partial charge in [0.25, 0.3) is 0 Å². The van der Waals surface area contributed by atoms with Crippen LogP contribution in [-0.4, -0.2) is 34.1 Å². The maximum atomic E-state index is 8.63. The summed E-state index contributed by atoms with van der Waals surface area (Å²) in [6.45, 7) is 5.32. The van der Waals surface area contributed by atoms with Gasteiger partial charge in [-0.25, -0.2) is 9.97 Å². The lowest BCUT2D eigenvalue weighted by Gasteiger charge is -2.25. The molecule has 1 aromatic rings. The molecule has 6 nitrogen and oxygen atoms in total. The molecule has 0 bridgehead atoms. The molecule has 0 aliphatic rings. The van der Waals surface area contributed by atoms with E-state index in [0.29, 0.717) is 6.54 Å². The van der Waals surface area contributed by atoms with E-state index in [1.165, 1.54) is 6.33 Å². The molecule has 1 unspecified atom stereocenters. The molecule has 1 aromatic heterocycles. The van der Waals surface area contributed by atoms with Gasteiger partial charge in [-0.05, 0) is 22.9 Å². The second kappa shape index (κ2) is 6.39. The fourth-order valence-electron chi connectivity index (χ4n) is 1.43. The van der Waals surface area contributed by atoms with E-state index >= 15 is 0 Å². The highest BCUT2D eigenvalue weighted by Crippen LogP contribution is 2.22. The molecule has 0 radical (unpaired) electrons. The number of amidine groups is 1. The average molecular weight is 302 g/mol. The summed E-state index contributed by atoms with van der Waals surface area (Å²) in [6, 6.07) is 0. The summed E-state index contributed by atoms with van der Waals surface area (Å²) in [4.78, 5) is 10.2. The van der Waals surface area contributed by atoms with E-state index in [-0.39, 0.29) is 11.8 Å². The lowest BCUT2D eigenvalue weighted by molar-refractivity contribution is 0.314. The quantitative estimate of drug-likeness (QED) is 0.372. The number of oxime groups is 1. The number of rotatable bonds is 5. The zero-order valence-electron chi connectivity index (χ0n) is 9.84. The molecule has 1 atom stereocenters. The first kappa shape index (κ1) is 13.7. The van der Waals surface area contributed by atoms with Crippen LogP contribution in [-0.2, 0) is 0 Å². The number of hydrogen-bond donors (Lipinski definition) is 2. The molecule has 0 saturated carbocycles.